The second-order valence-electron chi connectivity index (χ2n) is 5.98. The number of hydrogen-bond donors (Lipinski definition) is 3. The molecule has 2 atom stereocenters. The number of benzene rings is 1. The summed E-state index contributed by atoms with van der Waals surface area (Å²) < 4.78 is 0. The van der Waals surface area contributed by atoms with Gasteiger partial charge in [-0.2, -0.15) is 5.10 Å². The summed E-state index contributed by atoms with van der Waals surface area (Å²) in [5.41, 5.74) is 3.39. The number of H-pyrrole nitrogens is 1. The number of rotatable bonds is 5. The molecule has 1 aliphatic heterocycles. The highest BCUT2D eigenvalue weighted by Crippen LogP contribution is 2.22. The van der Waals surface area contributed by atoms with Gasteiger partial charge in [0, 0.05) is 29.5 Å². The van der Waals surface area contributed by atoms with Gasteiger partial charge >= 0.3 is 0 Å². The van der Waals surface area contributed by atoms with Gasteiger partial charge in [-0.15, -0.1) is 0 Å². The SMILES string of the molecule is CC(CC1CCCCN1)Nc1cccc(-c2ccn[nH]2)c1. The number of nitrogens with one attached hydrogen (secondary N) is 3. The number of hydrogen-bond acceptors (Lipinski definition) is 3. The first-order valence-corrected chi connectivity index (χ1v) is 7.91. The molecule has 1 aliphatic rings. The molecule has 1 saturated heterocycles. The Balaban J connectivity index is 1.60. The molecule has 1 aromatic heterocycles. The highest BCUT2D eigenvalue weighted by Gasteiger charge is 2.15. The number of anilines is 1. The van der Waals surface area contributed by atoms with E-state index in [0.717, 1.165) is 5.69 Å². The van der Waals surface area contributed by atoms with Gasteiger partial charge in [-0.1, -0.05) is 18.6 Å². The first-order valence-electron chi connectivity index (χ1n) is 7.91. The van der Waals surface area contributed by atoms with Gasteiger partial charge in [0.2, 0.25) is 0 Å². The molecule has 0 amide bonds. The lowest BCUT2D eigenvalue weighted by atomic mass is 9.98. The van der Waals surface area contributed by atoms with Crippen molar-refractivity contribution < 1.29 is 0 Å². The molecule has 0 radical (unpaired) electrons. The average molecular weight is 284 g/mol. The van der Waals surface area contributed by atoms with Crippen molar-refractivity contribution in [3.8, 4) is 11.3 Å². The Morgan fingerprint density at radius 3 is 3.05 bits per heavy atom. The lowest BCUT2D eigenvalue weighted by molar-refractivity contribution is 0.371. The van der Waals surface area contributed by atoms with Gasteiger partial charge in [-0.25, -0.2) is 0 Å². The van der Waals surface area contributed by atoms with Crippen LogP contribution in [0.3, 0.4) is 0 Å². The van der Waals surface area contributed by atoms with Gasteiger partial charge in [0.25, 0.3) is 0 Å². The quantitative estimate of drug-likeness (QED) is 0.788. The average Bonchev–Trinajstić information content (AvgIpc) is 3.02. The van der Waals surface area contributed by atoms with Crippen LogP contribution < -0.4 is 10.6 Å². The predicted octanol–water partition coefficient (Wildman–Crippen LogP) is 3.41. The Hall–Kier alpha value is -1.81. The summed E-state index contributed by atoms with van der Waals surface area (Å²) in [7, 11) is 0. The maximum absolute atomic E-state index is 4.01. The van der Waals surface area contributed by atoms with E-state index in [0.29, 0.717) is 12.1 Å². The van der Waals surface area contributed by atoms with E-state index in [1.54, 1.807) is 6.20 Å². The molecule has 2 aromatic rings. The van der Waals surface area contributed by atoms with Crippen LogP contribution in [0.15, 0.2) is 36.5 Å². The van der Waals surface area contributed by atoms with E-state index in [1.807, 2.05) is 6.07 Å². The van der Waals surface area contributed by atoms with E-state index in [9.17, 15) is 0 Å². The molecular weight excluding hydrogens is 260 g/mol. The zero-order valence-corrected chi connectivity index (χ0v) is 12.6. The van der Waals surface area contributed by atoms with E-state index in [4.69, 9.17) is 0 Å². The molecule has 0 aliphatic carbocycles. The molecule has 4 nitrogen and oxygen atoms in total. The molecule has 1 fully saturated rings. The highest BCUT2D eigenvalue weighted by atomic mass is 15.1. The number of aromatic nitrogens is 2. The van der Waals surface area contributed by atoms with Crippen molar-refractivity contribution in [1.29, 1.82) is 0 Å². The Labute approximate surface area is 126 Å². The molecule has 21 heavy (non-hydrogen) atoms. The zero-order valence-electron chi connectivity index (χ0n) is 12.6. The Morgan fingerprint density at radius 2 is 2.29 bits per heavy atom. The standard InChI is InChI=1S/C17H24N4/c1-13(11-15-6-2-3-9-18-15)20-16-7-4-5-14(12-16)17-8-10-19-21-17/h4-5,7-8,10,12-13,15,18,20H,2-3,6,9,11H2,1H3,(H,19,21). The van der Waals surface area contributed by atoms with Gasteiger partial charge in [0.1, 0.15) is 0 Å². The summed E-state index contributed by atoms with van der Waals surface area (Å²) in [6, 6.07) is 11.6. The Bertz CT molecular complexity index is 544. The summed E-state index contributed by atoms with van der Waals surface area (Å²) in [4.78, 5) is 0. The van der Waals surface area contributed by atoms with Crippen molar-refractivity contribution >= 4 is 5.69 Å². The van der Waals surface area contributed by atoms with Gasteiger partial charge in [-0.05, 0) is 50.9 Å². The Kier molecular flexibility index (Phi) is 4.55. The fraction of sp³-hybridized carbons (Fsp3) is 0.471. The van der Waals surface area contributed by atoms with Crippen LogP contribution >= 0.6 is 0 Å². The smallest absolute Gasteiger partial charge is 0.0650 e. The first-order chi connectivity index (χ1) is 10.3. The van der Waals surface area contributed by atoms with E-state index in [-0.39, 0.29) is 0 Å². The lowest BCUT2D eigenvalue weighted by Crippen LogP contribution is -2.37. The summed E-state index contributed by atoms with van der Waals surface area (Å²) in [6.45, 7) is 3.44. The van der Waals surface area contributed by atoms with E-state index >= 15 is 0 Å². The summed E-state index contributed by atoms with van der Waals surface area (Å²) in [5.74, 6) is 0. The monoisotopic (exact) mass is 284 g/mol. The van der Waals surface area contributed by atoms with Crippen LogP contribution in [-0.4, -0.2) is 28.8 Å². The van der Waals surface area contributed by atoms with Crippen molar-refractivity contribution in [3.63, 3.8) is 0 Å². The van der Waals surface area contributed by atoms with Crippen molar-refractivity contribution in [3.05, 3.63) is 36.5 Å². The van der Waals surface area contributed by atoms with Gasteiger partial charge in [0.15, 0.2) is 0 Å². The normalized spacial score (nSPS) is 20.1. The second kappa shape index (κ2) is 6.76. The van der Waals surface area contributed by atoms with Crippen molar-refractivity contribution in [1.82, 2.24) is 15.5 Å². The van der Waals surface area contributed by atoms with E-state index in [2.05, 4.69) is 52.0 Å². The fourth-order valence-corrected chi connectivity index (χ4v) is 3.09. The summed E-state index contributed by atoms with van der Waals surface area (Å²) in [6.07, 6.45) is 6.95. The van der Waals surface area contributed by atoms with Crippen LogP contribution in [0.4, 0.5) is 5.69 Å². The molecule has 4 heteroatoms. The molecule has 0 saturated carbocycles. The minimum absolute atomic E-state index is 0.470. The van der Waals surface area contributed by atoms with E-state index in [1.165, 1.54) is 43.5 Å². The zero-order chi connectivity index (χ0) is 14.5. The maximum atomic E-state index is 4.01. The summed E-state index contributed by atoms with van der Waals surface area (Å²) >= 11 is 0. The van der Waals surface area contributed by atoms with Gasteiger partial charge < -0.3 is 10.6 Å². The van der Waals surface area contributed by atoms with Gasteiger partial charge in [0.05, 0.1) is 5.69 Å². The van der Waals surface area contributed by atoms with Gasteiger partial charge in [-0.3, -0.25) is 5.10 Å². The van der Waals surface area contributed by atoms with Crippen LogP contribution in [-0.2, 0) is 0 Å². The van der Waals surface area contributed by atoms with Crippen molar-refractivity contribution in [2.45, 2.75) is 44.7 Å². The predicted molar refractivity (Wildman–Crippen MR) is 87.4 cm³/mol. The van der Waals surface area contributed by atoms with E-state index < -0.39 is 0 Å². The van der Waals surface area contributed by atoms with Crippen LogP contribution in [0.5, 0.6) is 0 Å². The van der Waals surface area contributed by atoms with Crippen molar-refractivity contribution in [2.75, 3.05) is 11.9 Å². The molecule has 2 heterocycles. The van der Waals surface area contributed by atoms with Crippen molar-refractivity contribution in [2.24, 2.45) is 0 Å². The topological polar surface area (TPSA) is 52.7 Å². The van der Waals surface area contributed by atoms with Crippen LogP contribution in [0, 0.1) is 0 Å². The minimum Gasteiger partial charge on any atom is -0.383 e. The number of nitrogens with zero attached hydrogens (tertiary/aromatic N) is 1. The van der Waals surface area contributed by atoms with Crippen LogP contribution in [0.1, 0.15) is 32.6 Å². The molecule has 112 valence electrons. The summed E-state index contributed by atoms with van der Waals surface area (Å²) in [5, 5.41) is 14.3. The molecule has 3 rings (SSSR count). The number of piperidine rings is 1. The molecule has 3 N–H and O–H groups in total. The van der Waals surface area contributed by atoms with Crippen LogP contribution in [0.25, 0.3) is 11.3 Å². The second-order valence-corrected chi connectivity index (χ2v) is 5.98. The lowest BCUT2D eigenvalue weighted by Gasteiger charge is -2.27. The first kappa shape index (κ1) is 14.1. The minimum atomic E-state index is 0.470. The largest absolute Gasteiger partial charge is 0.383 e. The van der Waals surface area contributed by atoms with Crippen LogP contribution in [0.2, 0.25) is 0 Å². The molecule has 2 unspecified atom stereocenters. The molecular formula is C17H24N4. The third-order valence-corrected chi connectivity index (χ3v) is 4.14. The third kappa shape index (κ3) is 3.85. The maximum Gasteiger partial charge on any atom is 0.0650 e. The third-order valence-electron chi connectivity index (χ3n) is 4.14. The fourth-order valence-electron chi connectivity index (χ4n) is 3.09. The number of aromatic amines is 1. The molecule has 0 bridgehead atoms. The molecule has 0 spiro atoms. The highest BCUT2D eigenvalue weighted by molar-refractivity contribution is 5.64. The molecule has 1 aromatic carbocycles. The Morgan fingerprint density at radius 1 is 1.33 bits per heavy atom.